The Kier molecular flexibility index (Phi) is 2.83. The standard InChI is InChI=1S/C16H18N4/c1-10-12(5-7-15-13(10)9-19-20-15)14-6-4-11(8-18-14)16(2,3)17/h4-9H,17H2,1-3H3,(H,19,20). The zero-order valence-electron chi connectivity index (χ0n) is 11.9. The lowest BCUT2D eigenvalue weighted by Crippen LogP contribution is -2.28. The zero-order chi connectivity index (χ0) is 14.3. The highest BCUT2D eigenvalue weighted by atomic mass is 15.1. The Labute approximate surface area is 118 Å². The summed E-state index contributed by atoms with van der Waals surface area (Å²) >= 11 is 0. The number of nitrogens with one attached hydrogen (secondary N) is 1. The number of aromatic amines is 1. The van der Waals surface area contributed by atoms with Gasteiger partial charge in [0.25, 0.3) is 0 Å². The molecule has 1 aromatic carbocycles. The summed E-state index contributed by atoms with van der Waals surface area (Å²) in [6.07, 6.45) is 3.71. The van der Waals surface area contributed by atoms with Gasteiger partial charge in [-0.1, -0.05) is 12.1 Å². The van der Waals surface area contributed by atoms with Crippen LogP contribution in [0.3, 0.4) is 0 Å². The van der Waals surface area contributed by atoms with E-state index in [2.05, 4.69) is 28.2 Å². The maximum atomic E-state index is 6.08. The van der Waals surface area contributed by atoms with Crippen LogP contribution in [0, 0.1) is 6.92 Å². The fourth-order valence-electron chi connectivity index (χ4n) is 2.37. The van der Waals surface area contributed by atoms with Gasteiger partial charge in [0.05, 0.1) is 17.4 Å². The van der Waals surface area contributed by atoms with Gasteiger partial charge >= 0.3 is 0 Å². The minimum absolute atomic E-state index is 0.366. The molecule has 3 N–H and O–H groups in total. The molecule has 0 atom stereocenters. The van der Waals surface area contributed by atoms with Crippen molar-refractivity contribution in [3.8, 4) is 11.3 Å². The second-order valence-corrected chi connectivity index (χ2v) is 5.72. The van der Waals surface area contributed by atoms with Gasteiger partial charge in [0.1, 0.15) is 0 Å². The molecule has 0 bridgehead atoms. The fraction of sp³-hybridized carbons (Fsp3) is 0.250. The molecule has 0 amide bonds. The number of fused-ring (bicyclic) bond motifs is 1. The van der Waals surface area contributed by atoms with E-state index in [1.54, 1.807) is 0 Å². The van der Waals surface area contributed by atoms with E-state index in [4.69, 9.17) is 5.73 Å². The molecule has 0 radical (unpaired) electrons. The Balaban J connectivity index is 2.09. The second-order valence-electron chi connectivity index (χ2n) is 5.72. The number of aromatic nitrogens is 3. The number of nitrogens with two attached hydrogens (primary N) is 1. The number of nitrogens with zero attached hydrogens (tertiary/aromatic N) is 2. The topological polar surface area (TPSA) is 67.6 Å². The average molecular weight is 266 g/mol. The van der Waals surface area contributed by atoms with Crippen molar-refractivity contribution in [2.75, 3.05) is 0 Å². The molecule has 0 spiro atoms. The fourth-order valence-corrected chi connectivity index (χ4v) is 2.37. The summed E-state index contributed by atoms with van der Waals surface area (Å²) in [6.45, 7) is 6.05. The van der Waals surface area contributed by atoms with E-state index in [0.29, 0.717) is 0 Å². The van der Waals surface area contributed by atoms with Gasteiger partial charge in [-0.3, -0.25) is 10.1 Å². The summed E-state index contributed by atoms with van der Waals surface area (Å²) in [5.41, 5.74) is 11.1. The van der Waals surface area contributed by atoms with Crippen LogP contribution in [0.2, 0.25) is 0 Å². The number of pyridine rings is 1. The molecule has 0 aliphatic carbocycles. The van der Waals surface area contributed by atoms with Crippen molar-refractivity contribution in [1.82, 2.24) is 15.2 Å². The lowest BCUT2D eigenvalue weighted by Gasteiger charge is -2.18. The highest BCUT2D eigenvalue weighted by Crippen LogP contribution is 2.28. The lowest BCUT2D eigenvalue weighted by molar-refractivity contribution is 0.552. The molecule has 2 heterocycles. The molecule has 0 aliphatic rings. The van der Waals surface area contributed by atoms with Crippen LogP contribution in [-0.2, 0) is 5.54 Å². The van der Waals surface area contributed by atoms with E-state index < -0.39 is 0 Å². The molecule has 2 aromatic heterocycles. The van der Waals surface area contributed by atoms with Gasteiger partial charge in [0.2, 0.25) is 0 Å². The molecular formula is C16H18N4. The maximum Gasteiger partial charge on any atom is 0.0705 e. The third kappa shape index (κ3) is 2.08. The van der Waals surface area contributed by atoms with Crippen LogP contribution in [0.4, 0.5) is 0 Å². The molecular weight excluding hydrogens is 248 g/mol. The molecule has 0 saturated carbocycles. The van der Waals surface area contributed by atoms with Crippen LogP contribution in [0.15, 0.2) is 36.7 Å². The summed E-state index contributed by atoms with van der Waals surface area (Å²) in [4.78, 5) is 4.56. The third-order valence-corrected chi connectivity index (χ3v) is 3.68. The van der Waals surface area contributed by atoms with Crippen molar-refractivity contribution in [1.29, 1.82) is 0 Å². The minimum Gasteiger partial charge on any atom is -0.322 e. The molecule has 102 valence electrons. The van der Waals surface area contributed by atoms with E-state index >= 15 is 0 Å². The van der Waals surface area contributed by atoms with Crippen molar-refractivity contribution in [2.45, 2.75) is 26.3 Å². The van der Waals surface area contributed by atoms with Crippen LogP contribution in [0.25, 0.3) is 22.2 Å². The van der Waals surface area contributed by atoms with Gasteiger partial charge in [-0.05, 0) is 44.0 Å². The molecule has 0 aliphatic heterocycles. The maximum absolute atomic E-state index is 6.08. The number of aryl methyl sites for hydroxylation is 1. The summed E-state index contributed by atoms with van der Waals surface area (Å²) in [5, 5.41) is 8.19. The van der Waals surface area contributed by atoms with Crippen molar-refractivity contribution in [3.05, 3.63) is 47.8 Å². The van der Waals surface area contributed by atoms with Gasteiger partial charge < -0.3 is 5.73 Å². The van der Waals surface area contributed by atoms with Gasteiger partial charge in [0, 0.05) is 22.7 Å². The molecule has 0 fully saturated rings. The zero-order valence-corrected chi connectivity index (χ0v) is 11.9. The first-order valence-corrected chi connectivity index (χ1v) is 6.65. The molecule has 0 unspecified atom stereocenters. The summed E-state index contributed by atoms with van der Waals surface area (Å²) in [6, 6.07) is 8.18. The lowest BCUT2D eigenvalue weighted by atomic mass is 9.96. The first-order valence-electron chi connectivity index (χ1n) is 6.65. The molecule has 4 heteroatoms. The van der Waals surface area contributed by atoms with Gasteiger partial charge in [-0.2, -0.15) is 5.10 Å². The Bertz CT molecular complexity index is 748. The second kappa shape index (κ2) is 4.42. The Morgan fingerprint density at radius 1 is 1.10 bits per heavy atom. The predicted octanol–water partition coefficient (Wildman–Crippen LogP) is 3.13. The highest BCUT2D eigenvalue weighted by Gasteiger charge is 2.15. The largest absolute Gasteiger partial charge is 0.322 e. The molecule has 4 nitrogen and oxygen atoms in total. The quantitative estimate of drug-likeness (QED) is 0.748. The van der Waals surface area contributed by atoms with Gasteiger partial charge in [-0.15, -0.1) is 0 Å². The van der Waals surface area contributed by atoms with Crippen LogP contribution < -0.4 is 5.73 Å². The van der Waals surface area contributed by atoms with Crippen molar-refractivity contribution in [2.24, 2.45) is 5.73 Å². The number of rotatable bonds is 2. The molecule has 3 rings (SSSR count). The predicted molar refractivity (Wildman–Crippen MR) is 81.3 cm³/mol. The summed E-state index contributed by atoms with van der Waals surface area (Å²) in [7, 11) is 0. The van der Waals surface area contributed by atoms with Gasteiger partial charge in [0.15, 0.2) is 0 Å². The number of hydrogen-bond donors (Lipinski definition) is 2. The van der Waals surface area contributed by atoms with Crippen molar-refractivity contribution >= 4 is 10.9 Å². The van der Waals surface area contributed by atoms with Crippen molar-refractivity contribution < 1.29 is 0 Å². The number of benzene rings is 1. The summed E-state index contributed by atoms with van der Waals surface area (Å²) in [5.74, 6) is 0. The van der Waals surface area contributed by atoms with E-state index in [9.17, 15) is 0 Å². The van der Waals surface area contributed by atoms with Crippen LogP contribution in [0.5, 0.6) is 0 Å². The normalized spacial score (nSPS) is 12.0. The first-order chi connectivity index (χ1) is 9.47. The van der Waals surface area contributed by atoms with Crippen LogP contribution in [0.1, 0.15) is 25.0 Å². The highest BCUT2D eigenvalue weighted by molar-refractivity contribution is 5.88. The van der Waals surface area contributed by atoms with E-state index in [1.807, 2.05) is 44.4 Å². The molecule has 20 heavy (non-hydrogen) atoms. The Morgan fingerprint density at radius 3 is 2.55 bits per heavy atom. The third-order valence-electron chi connectivity index (χ3n) is 3.68. The van der Waals surface area contributed by atoms with E-state index in [-0.39, 0.29) is 5.54 Å². The van der Waals surface area contributed by atoms with E-state index in [0.717, 1.165) is 27.7 Å². The van der Waals surface area contributed by atoms with Crippen LogP contribution >= 0.6 is 0 Å². The molecule has 0 saturated heterocycles. The van der Waals surface area contributed by atoms with Crippen molar-refractivity contribution in [3.63, 3.8) is 0 Å². The first kappa shape index (κ1) is 12.8. The number of H-pyrrole nitrogens is 1. The smallest absolute Gasteiger partial charge is 0.0705 e. The van der Waals surface area contributed by atoms with Crippen LogP contribution in [-0.4, -0.2) is 15.2 Å². The Hall–Kier alpha value is -2.20. The monoisotopic (exact) mass is 266 g/mol. The Morgan fingerprint density at radius 2 is 1.90 bits per heavy atom. The molecule has 3 aromatic rings. The SMILES string of the molecule is Cc1c(-c2ccc(C(C)(C)N)cn2)ccc2[nH]ncc12. The van der Waals surface area contributed by atoms with E-state index in [1.165, 1.54) is 5.56 Å². The minimum atomic E-state index is -0.366. The number of hydrogen-bond acceptors (Lipinski definition) is 3. The average Bonchev–Trinajstić information content (AvgIpc) is 2.88. The van der Waals surface area contributed by atoms with Gasteiger partial charge in [-0.25, -0.2) is 0 Å². The summed E-state index contributed by atoms with van der Waals surface area (Å²) < 4.78 is 0.